The number of benzene rings is 1. The quantitative estimate of drug-likeness (QED) is 0.741. The van der Waals surface area contributed by atoms with E-state index in [4.69, 9.17) is 10.00 Å². The van der Waals surface area contributed by atoms with Gasteiger partial charge in [0.15, 0.2) is 17.6 Å². The molecule has 0 saturated heterocycles. The second kappa shape index (κ2) is 5.18. The molecule has 0 spiro atoms. The predicted molar refractivity (Wildman–Crippen MR) is 56.3 cm³/mol. The van der Waals surface area contributed by atoms with Crippen molar-refractivity contribution >= 4 is 5.97 Å². The molecule has 1 aromatic rings. The summed E-state index contributed by atoms with van der Waals surface area (Å²) in [4.78, 5) is 11.1. The molecule has 0 fully saturated rings. The van der Waals surface area contributed by atoms with E-state index < -0.39 is 12.1 Å². The van der Waals surface area contributed by atoms with E-state index in [1.807, 2.05) is 0 Å². The molecule has 0 bridgehead atoms. The van der Waals surface area contributed by atoms with Gasteiger partial charge in [-0.3, -0.25) is 0 Å². The number of ether oxygens (including phenoxy) is 2. The summed E-state index contributed by atoms with van der Waals surface area (Å²) in [6, 6.07) is 4.18. The molecule has 0 aliphatic carbocycles. The minimum Gasteiger partial charge on any atom is -0.504 e. The zero-order valence-electron chi connectivity index (χ0n) is 9.30. The molecule has 2 N–H and O–H groups in total. The Morgan fingerprint density at radius 2 is 2.12 bits per heavy atom. The van der Waals surface area contributed by atoms with Gasteiger partial charge in [0.2, 0.25) is 0 Å². The molecule has 1 atom stereocenters. The van der Waals surface area contributed by atoms with Crippen LogP contribution in [0.4, 0.5) is 0 Å². The van der Waals surface area contributed by atoms with Gasteiger partial charge in [-0.05, 0) is 17.7 Å². The van der Waals surface area contributed by atoms with Crippen molar-refractivity contribution in [2.75, 3.05) is 14.2 Å². The largest absolute Gasteiger partial charge is 0.504 e. The highest BCUT2D eigenvalue weighted by molar-refractivity contribution is 5.77. The molecule has 0 heterocycles. The van der Waals surface area contributed by atoms with Crippen LogP contribution in [0.2, 0.25) is 0 Å². The second-order valence-electron chi connectivity index (χ2n) is 3.16. The summed E-state index contributed by atoms with van der Waals surface area (Å²) >= 11 is 0. The molecule has 0 saturated carbocycles. The number of carbonyl (C=O) groups excluding carboxylic acids is 1. The number of carbonyl (C=O) groups is 1. The minimum absolute atomic E-state index is 0.00619. The molecule has 0 aliphatic heterocycles. The number of hydrogen-bond acceptors (Lipinski definition) is 6. The van der Waals surface area contributed by atoms with E-state index in [-0.39, 0.29) is 22.6 Å². The van der Waals surface area contributed by atoms with E-state index in [0.29, 0.717) is 0 Å². The molecule has 1 aromatic carbocycles. The fourth-order valence-electron chi connectivity index (χ4n) is 1.34. The molecule has 0 aromatic heterocycles. The summed E-state index contributed by atoms with van der Waals surface area (Å²) in [6.45, 7) is 0. The van der Waals surface area contributed by atoms with Gasteiger partial charge in [0.1, 0.15) is 6.07 Å². The van der Waals surface area contributed by atoms with Gasteiger partial charge < -0.3 is 19.7 Å². The van der Waals surface area contributed by atoms with Crippen molar-refractivity contribution < 1.29 is 24.5 Å². The Balaban J connectivity index is 3.26. The van der Waals surface area contributed by atoms with Gasteiger partial charge >= 0.3 is 5.97 Å². The highest BCUT2D eigenvalue weighted by atomic mass is 16.5. The lowest BCUT2D eigenvalue weighted by Crippen LogP contribution is -2.13. The Bertz CT molecular complexity index is 477. The Kier molecular flexibility index (Phi) is 3.91. The average Bonchev–Trinajstić information content (AvgIpc) is 2.35. The molecule has 1 unspecified atom stereocenters. The van der Waals surface area contributed by atoms with Crippen LogP contribution in [0, 0.1) is 11.3 Å². The van der Waals surface area contributed by atoms with E-state index in [1.54, 1.807) is 6.07 Å². The lowest BCUT2D eigenvalue weighted by atomic mass is 10.0. The third-order valence-electron chi connectivity index (χ3n) is 2.16. The number of aliphatic hydroxyl groups excluding tert-OH is 1. The first-order valence-corrected chi connectivity index (χ1v) is 4.62. The highest BCUT2D eigenvalue weighted by Crippen LogP contribution is 2.33. The van der Waals surface area contributed by atoms with Crippen molar-refractivity contribution in [1.82, 2.24) is 0 Å². The van der Waals surface area contributed by atoms with E-state index in [1.165, 1.54) is 13.2 Å². The maximum absolute atomic E-state index is 11.1. The van der Waals surface area contributed by atoms with Crippen molar-refractivity contribution in [3.05, 3.63) is 23.3 Å². The Morgan fingerprint density at radius 1 is 1.47 bits per heavy atom. The summed E-state index contributed by atoms with van der Waals surface area (Å²) in [7, 11) is 2.42. The molecule has 1 rings (SSSR count). The van der Waals surface area contributed by atoms with Gasteiger partial charge in [0.05, 0.1) is 19.8 Å². The first kappa shape index (κ1) is 12.8. The van der Waals surface area contributed by atoms with Crippen LogP contribution in [0.5, 0.6) is 11.5 Å². The molecular formula is C11H11NO5. The van der Waals surface area contributed by atoms with Crippen LogP contribution in [-0.4, -0.2) is 30.4 Å². The number of hydrogen-bond donors (Lipinski definition) is 2. The Hall–Kier alpha value is -2.26. The fraction of sp³-hybridized carbons (Fsp3) is 0.273. The topological polar surface area (TPSA) is 99.8 Å². The second-order valence-corrected chi connectivity index (χ2v) is 3.16. The number of aliphatic hydroxyl groups is 1. The van der Waals surface area contributed by atoms with Crippen LogP contribution in [0.1, 0.15) is 17.2 Å². The third kappa shape index (κ3) is 2.46. The van der Waals surface area contributed by atoms with Gasteiger partial charge in [0, 0.05) is 0 Å². The molecule has 90 valence electrons. The zero-order chi connectivity index (χ0) is 13.0. The van der Waals surface area contributed by atoms with Crippen LogP contribution < -0.4 is 4.74 Å². The summed E-state index contributed by atoms with van der Waals surface area (Å²) in [5.41, 5.74) is 0.0807. The lowest BCUT2D eigenvalue weighted by molar-refractivity contribution is -0.150. The first-order chi connectivity index (χ1) is 8.04. The maximum atomic E-state index is 11.1. The van der Waals surface area contributed by atoms with Gasteiger partial charge in [-0.1, -0.05) is 0 Å². The number of nitrogens with zero attached hydrogens (tertiary/aromatic N) is 1. The van der Waals surface area contributed by atoms with Gasteiger partial charge in [-0.25, -0.2) is 4.79 Å². The lowest BCUT2D eigenvalue weighted by Gasteiger charge is -2.12. The highest BCUT2D eigenvalue weighted by Gasteiger charge is 2.21. The fourth-order valence-corrected chi connectivity index (χ4v) is 1.34. The van der Waals surface area contributed by atoms with Gasteiger partial charge in [-0.2, -0.15) is 5.26 Å². The molecule has 17 heavy (non-hydrogen) atoms. The van der Waals surface area contributed by atoms with E-state index >= 15 is 0 Å². The standard InChI is InChI=1S/C11H11NO5/c1-16-10-7(5-12)3-6(4-8(10)13)9(14)11(15)17-2/h3-4,9,13-14H,1-2H3. The third-order valence-corrected chi connectivity index (χ3v) is 2.16. The predicted octanol–water partition coefficient (Wildman–Crippen LogP) is 0.479. The monoisotopic (exact) mass is 237 g/mol. The number of esters is 1. The van der Waals surface area contributed by atoms with Crippen molar-refractivity contribution in [3.8, 4) is 17.6 Å². The molecular weight excluding hydrogens is 226 g/mol. The van der Waals surface area contributed by atoms with E-state index in [2.05, 4.69) is 4.74 Å². The summed E-state index contributed by atoms with van der Waals surface area (Å²) in [5.74, 6) is -1.21. The van der Waals surface area contributed by atoms with Crippen LogP contribution in [0.3, 0.4) is 0 Å². The maximum Gasteiger partial charge on any atom is 0.339 e. The first-order valence-electron chi connectivity index (χ1n) is 4.62. The molecule has 0 aliphatic rings. The SMILES string of the molecule is COC(=O)C(O)c1cc(O)c(OC)c(C#N)c1. The number of nitriles is 1. The Labute approximate surface area is 97.6 Å². The van der Waals surface area contributed by atoms with Crippen LogP contribution >= 0.6 is 0 Å². The number of phenols is 1. The number of phenolic OH excluding ortho intramolecular Hbond substituents is 1. The molecule has 6 nitrogen and oxygen atoms in total. The molecule has 0 amide bonds. The summed E-state index contributed by atoms with van der Waals surface area (Å²) in [5, 5.41) is 28.0. The van der Waals surface area contributed by atoms with Gasteiger partial charge in [0.25, 0.3) is 0 Å². The average molecular weight is 237 g/mol. The zero-order valence-corrected chi connectivity index (χ0v) is 9.30. The number of rotatable bonds is 3. The minimum atomic E-state index is -1.55. The van der Waals surface area contributed by atoms with Crippen molar-refractivity contribution in [1.29, 1.82) is 5.26 Å². The van der Waals surface area contributed by atoms with Crippen molar-refractivity contribution in [2.24, 2.45) is 0 Å². The van der Waals surface area contributed by atoms with Gasteiger partial charge in [-0.15, -0.1) is 0 Å². The summed E-state index contributed by atoms with van der Waals surface area (Å²) < 4.78 is 9.17. The smallest absolute Gasteiger partial charge is 0.339 e. The normalized spacial score (nSPS) is 11.4. The van der Waals surface area contributed by atoms with Crippen molar-refractivity contribution in [3.63, 3.8) is 0 Å². The number of aromatic hydroxyl groups is 1. The molecule has 0 radical (unpaired) electrons. The van der Waals surface area contributed by atoms with Crippen molar-refractivity contribution in [2.45, 2.75) is 6.10 Å². The van der Waals surface area contributed by atoms with Crippen LogP contribution in [0.15, 0.2) is 12.1 Å². The van der Waals surface area contributed by atoms with Crippen LogP contribution in [0.25, 0.3) is 0 Å². The van der Waals surface area contributed by atoms with E-state index in [9.17, 15) is 15.0 Å². The molecule has 6 heteroatoms. The van der Waals surface area contributed by atoms with Crippen LogP contribution in [-0.2, 0) is 9.53 Å². The number of methoxy groups -OCH3 is 2. The Morgan fingerprint density at radius 3 is 2.59 bits per heavy atom. The summed E-state index contributed by atoms with van der Waals surface area (Å²) in [6.07, 6.45) is -1.55. The van der Waals surface area contributed by atoms with E-state index in [0.717, 1.165) is 13.2 Å².